The molecule has 4 N–H and O–H groups in total. The van der Waals surface area contributed by atoms with E-state index in [2.05, 4.69) is 25.8 Å². The van der Waals surface area contributed by atoms with Crippen LogP contribution in [0, 0.1) is 0 Å². The van der Waals surface area contributed by atoms with Crippen molar-refractivity contribution in [2.75, 3.05) is 52.7 Å². The van der Waals surface area contributed by atoms with Gasteiger partial charge in [-0.05, 0) is 43.4 Å². The number of carbonyl (C=O) groups is 2. The van der Waals surface area contributed by atoms with Crippen LogP contribution in [-0.4, -0.2) is 80.1 Å². The molecule has 9 nitrogen and oxygen atoms in total. The summed E-state index contributed by atoms with van der Waals surface area (Å²) in [4.78, 5) is 34.0. The van der Waals surface area contributed by atoms with Crippen molar-refractivity contribution < 1.29 is 14.3 Å². The number of piperazine rings is 1. The van der Waals surface area contributed by atoms with Crippen molar-refractivity contribution in [3.63, 3.8) is 0 Å². The summed E-state index contributed by atoms with van der Waals surface area (Å²) >= 11 is 0. The number of anilines is 1. The molecule has 0 radical (unpaired) electrons. The summed E-state index contributed by atoms with van der Waals surface area (Å²) in [5.74, 6) is -0.0154. The first-order valence-corrected chi connectivity index (χ1v) is 12.3. The Morgan fingerprint density at radius 1 is 1.14 bits per heavy atom. The predicted octanol–water partition coefficient (Wildman–Crippen LogP) is 2.96. The highest BCUT2D eigenvalue weighted by Crippen LogP contribution is 2.30. The van der Waals surface area contributed by atoms with Crippen molar-refractivity contribution >= 4 is 28.5 Å². The van der Waals surface area contributed by atoms with Gasteiger partial charge in [0.1, 0.15) is 11.8 Å². The highest BCUT2D eigenvalue weighted by molar-refractivity contribution is 5.99. The van der Waals surface area contributed by atoms with E-state index in [0.717, 1.165) is 41.7 Å². The van der Waals surface area contributed by atoms with Gasteiger partial charge >= 0.3 is 6.03 Å². The van der Waals surface area contributed by atoms with E-state index < -0.39 is 6.04 Å². The van der Waals surface area contributed by atoms with E-state index >= 15 is 0 Å². The van der Waals surface area contributed by atoms with Crippen molar-refractivity contribution in [1.82, 2.24) is 25.4 Å². The second kappa shape index (κ2) is 11.5. The molecule has 2 atom stereocenters. The number of ether oxygens (including phenoxy) is 1. The van der Waals surface area contributed by atoms with Gasteiger partial charge in [0, 0.05) is 55.7 Å². The number of H-pyrrole nitrogens is 1. The van der Waals surface area contributed by atoms with Crippen LogP contribution in [-0.2, 0) is 11.3 Å². The van der Waals surface area contributed by atoms with Crippen LogP contribution in [0.25, 0.3) is 10.9 Å². The molecule has 0 aliphatic carbocycles. The maximum absolute atomic E-state index is 13.8. The van der Waals surface area contributed by atoms with Crippen molar-refractivity contribution in [3.8, 4) is 5.75 Å². The summed E-state index contributed by atoms with van der Waals surface area (Å²) in [6.45, 7) is 5.36. The fourth-order valence-electron chi connectivity index (χ4n) is 4.69. The van der Waals surface area contributed by atoms with Gasteiger partial charge in [-0.1, -0.05) is 31.2 Å². The molecule has 0 saturated carbocycles. The van der Waals surface area contributed by atoms with Crippen LogP contribution >= 0.6 is 0 Å². The predicted molar refractivity (Wildman–Crippen MR) is 142 cm³/mol. The molecule has 1 aliphatic rings. The lowest BCUT2D eigenvalue weighted by molar-refractivity contribution is -0.118. The van der Waals surface area contributed by atoms with Gasteiger partial charge in [-0.2, -0.15) is 0 Å². The smallest absolute Gasteiger partial charge is 0.318 e. The van der Waals surface area contributed by atoms with Crippen molar-refractivity contribution in [3.05, 3.63) is 59.8 Å². The van der Waals surface area contributed by atoms with Gasteiger partial charge in [0.2, 0.25) is 5.91 Å². The van der Waals surface area contributed by atoms with Crippen molar-refractivity contribution in [1.29, 1.82) is 0 Å². The lowest BCUT2D eigenvalue weighted by Crippen LogP contribution is -2.55. The van der Waals surface area contributed by atoms with Gasteiger partial charge in [0.15, 0.2) is 0 Å². The van der Waals surface area contributed by atoms with Crippen LogP contribution in [0.2, 0.25) is 0 Å². The summed E-state index contributed by atoms with van der Waals surface area (Å²) in [6.07, 6.45) is 1.92. The molecule has 1 saturated heterocycles. The molecule has 2 aromatic carbocycles. The number of benzene rings is 2. The SMILES string of the molecule is COc1ccc(CN(C)C)cc1NC(=O)[C@H](NC(=O)N1CCNCC1)[C@@H](C)c1c[nH]c2ccccc12. The number of nitrogens with zero attached hydrogens (tertiary/aromatic N) is 2. The molecule has 2 heterocycles. The minimum absolute atomic E-state index is 0.239. The topological polar surface area (TPSA) is 102 Å². The zero-order valence-corrected chi connectivity index (χ0v) is 21.4. The van der Waals surface area contributed by atoms with Crippen LogP contribution in [0.3, 0.4) is 0 Å². The number of aromatic amines is 1. The third-order valence-corrected chi connectivity index (χ3v) is 6.60. The molecule has 4 rings (SSSR count). The number of para-hydroxylation sites is 1. The highest BCUT2D eigenvalue weighted by Gasteiger charge is 2.32. The Morgan fingerprint density at radius 3 is 2.61 bits per heavy atom. The molecule has 1 aromatic heterocycles. The van der Waals surface area contributed by atoms with Gasteiger partial charge in [-0.3, -0.25) is 4.79 Å². The number of rotatable bonds is 8. The molecule has 0 bridgehead atoms. The molecule has 1 fully saturated rings. The van der Waals surface area contributed by atoms with Crippen LogP contribution in [0.4, 0.5) is 10.5 Å². The number of nitrogens with one attached hydrogen (secondary N) is 4. The average Bonchev–Trinajstić information content (AvgIpc) is 3.31. The van der Waals surface area contributed by atoms with E-state index in [4.69, 9.17) is 4.74 Å². The summed E-state index contributed by atoms with van der Waals surface area (Å²) in [7, 11) is 5.56. The number of aromatic nitrogens is 1. The van der Waals surface area contributed by atoms with E-state index in [-0.39, 0.29) is 17.9 Å². The average molecular weight is 493 g/mol. The monoisotopic (exact) mass is 492 g/mol. The van der Waals surface area contributed by atoms with Gasteiger partial charge in [-0.15, -0.1) is 0 Å². The molecule has 3 aromatic rings. The van der Waals surface area contributed by atoms with Gasteiger partial charge in [-0.25, -0.2) is 4.79 Å². The van der Waals surface area contributed by atoms with Crippen molar-refractivity contribution in [2.45, 2.75) is 25.4 Å². The molecule has 9 heteroatoms. The first-order valence-electron chi connectivity index (χ1n) is 12.3. The van der Waals surface area contributed by atoms with E-state index in [1.807, 2.05) is 69.7 Å². The highest BCUT2D eigenvalue weighted by atomic mass is 16.5. The zero-order chi connectivity index (χ0) is 25.7. The Hall–Kier alpha value is -3.56. The Labute approximate surface area is 212 Å². The fourth-order valence-corrected chi connectivity index (χ4v) is 4.69. The quantitative estimate of drug-likeness (QED) is 0.387. The first kappa shape index (κ1) is 25.5. The number of hydrogen-bond donors (Lipinski definition) is 4. The van der Waals surface area contributed by atoms with Crippen LogP contribution in [0.5, 0.6) is 5.75 Å². The number of fused-ring (bicyclic) bond motifs is 1. The van der Waals surface area contributed by atoms with Gasteiger partial charge in [0.25, 0.3) is 0 Å². The molecule has 36 heavy (non-hydrogen) atoms. The maximum atomic E-state index is 13.8. The molecule has 192 valence electrons. The Morgan fingerprint density at radius 2 is 1.89 bits per heavy atom. The maximum Gasteiger partial charge on any atom is 0.318 e. The zero-order valence-electron chi connectivity index (χ0n) is 21.4. The largest absolute Gasteiger partial charge is 0.495 e. The number of methoxy groups -OCH3 is 1. The molecule has 1 aliphatic heterocycles. The van der Waals surface area contributed by atoms with Crippen LogP contribution in [0.1, 0.15) is 24.0 Å². The third kappa shape index (κ3) is 5.80. The van der Waals surface area contributed by atoms with Gasteiger partial charge < -0.3 is 35.5 Å². The Balaban J connectivity index is 1.63. The standard InChI is InChI=1S/C27H36N6O3/c1-18(21-16-29-22-8-6-5-7-20(21)22)25(31-27(35)33-13-11-28-12-14-33)26(34)30-23-15-19(17-32(2)3)9-10-24(23)36-4/h5-10,15-16,18,25,28-29H,11-14,17H2,1-4H3,(H,30,34)(H,31,35)/t18-,25+/m0/s1. The van der Waals surface area contributed by atoms with E-state index in [1.54, 1.807) is 12.0 Å². The lowest BCUT2D eigenvalue weighted by atomic mass is 9.92. The molecular weight excluding hydrogens is 456 g/mol. The van der Waals surface area contributed by atoms with E-state index in [1.165, 1.54) is 0 Å². The molecular formula is C27H36N6O3. The summed E-state index contributed by atoms with van der Waals surface area (Å²) < 4.78 is 5.52. The Kier molecular flexibility index (Phi) is 8.12. The third-order valence-electron chi connectivity index (χ3n) is 6.60. The fraction of sp³-hybridized carbons (Fsp3) is 0.407. The number of carbonyl (C=O) groups excluding carboxylic acids is 2. The second-order valence-corrected chi connectivity index (χ2v) is 9.50. The Bertz CT molecular complexity index is 1200. The lowest BCUT2D eigenvalue weighted by Gasteiger charge is -2.31. The molecule has 0 unspecified atom stereocenters. The van der Waals surface area contributed by atoms with E-state index in [0.29, 0.717) is 24.5 Å². The minimum Gasteiger partial charge on any atom is -0.495 e. The van der Waals surface area contributed by atoms with E-state index in [9.17, 15) is 9.59 Å². The molecule has 3 amide bonds. The first-order chi connectivity index (χ1) is 17.4. The number of hydrogen-bond acceptors (Lipinski definition) is 5. The summed E-state index contributed by atoms with van der Waals surface area (Å²) in [6, 6.07) is 12.7. The summed E-state index contributed by atoms with van der Waals surface area (Å²) in [5, 5.41) is 10.3. The van der Waals surface area contributed by atoms with Gasteiger partial charge in [0.05, 0.1) is 12.8 Å². The normalized spacial score (nSPS) is 15.5. The molecule has 0 spiro atoms. The number of urea groups is 1. The second-order valence-electron chi connectivity index (χ2n) is 9.50. The summed E-state index contributed by atoms with van der Waals surface area (Å²) in [5.41, 5.74) is 3.58. The minimum atomic E-state index is -0.797. The van der Waals surface area contributed by atoms with Crippen molar-refractivity contribution in [2.24, 2.45) is 0 Å². The number of amides is 3. The van der Waals surface area contributed by atoms with Crippen LogP contribution in [0.15, 0.2) is 48.7 Å². The van der Waals surface area contributed by atoms with Crippen LogP contribution < -0.4 is 20.7 Å².